The zero-order valence-electron chi connectivity index (χ0n) is 12.8. The van der Waals surface area contributed by atoms with Crippen molar-refractivity contribution in [3.05, 3.63) is 0 Å². The van der Waals surface area contributed by atoms with Gasteiger partial charge < -0.3 is 0 Å². The van der Waals surface area contributed by atoms with Crippen molar-refractivity contribution in [2.45, 2.75) is 88.9 Å². The lowest BCUT2D eigenvalue weighted by Crippen LogP contribution is -2.52. The van der Waals surface area contributed by atoms with Gasteiger partial charge in [0.15, 0.2) is 0 Å². The smallest absolute Gasteiger partial charge is 0.0553 e. The van der Waals surface area contributed by atoms with Crippen LogP contribution in [0.25, 0.3) is 0 Å². The average molecular weight is 257 g/mol. The Balaban J connectivity index is 2.79. The molecule has 1 rings (SSSR count). The van der Waals surface area contributed by atoms with Crippen LogP contribution in [0.15, 0.2) is 0 Å². The molecule has 0 N–H and O–H groups in total. The van der Waals surface area contributed by atoms with Gasteiger partial charge in [-0.1, -0.05) is 78.8 Å². The molecule has 0 radical (unpaired) electrons. The molecule has 96 valence electrons. The fourth-order valence-electron chi connectivity index (χ4n) is 2.85. The van der Waals surface area contributed by atoms with Crippen LogP contribution in [0.4, 0.5) is 0 Å². The van der Waals surface area contributed by atoms with Gasteiger partial charge in [0.25, 0.3) is 0 Å². The third kappa shape index (κ3) is 2.48. The average Bonchev–Trinajstić information content (AvgIpc) is 2.07. The van der Waals surface area contributed by atoms with Crippen molar-refractivity contribution in [3.8, 4) is 0 Å². The largest absolute Gasteiger partial charge is 0.0688 e. The van der Waals surface area contributed by atoms with Crippen LogP contribution in [0.2, 0.25) is 47.3 Å². The number of hydrogen-bond acceptors (Lipinski definition) is 0. The SMILES string of the molecule is CC(C)(C)[Si]1(C)CC[Si](C)(C(C)(C)C)CC1. The highest BCUT2D eigenvalue weighted by Gasteiger charge is 2.49. The molecule has 0 aromatic carbocycles. The summed E-state index contributed by atoms with van der Waals surface area (Å²) in [7, 11) is -1.94. The van der Waals surface area contributed by atoms with Gasteiger partial charge in [0.05, 0.1) is 16.1 Å². The van der Waals surface area contributed by atoms with E-state index in [-0.39, 0.29) is 0 Å². The predicted molar refractivity (Wildman–Crippen MR) is 81.9 cm³/mol. The molecule has 0 spiro atoms. The van der Waals surface area contributed by atoms with Crippen molar-refractivity contribution in [2.75, 3.05) is 0 Å². The van der Waals surface area contributed by atoms with Crippen LogP contribution in [-0.2, 0) is 0 Å². The summed E-state index contributed by atoms with van der Waals surface area (Å²) in [6.07, 6.45) is 0. The molecule has 0 amide bonds. The Labute approximate surface area is 105 Å². The summed E-state index contributed by atoms with van der Waals surface area (Å²) < 4.78 is 0. The molecule has 2 heteroatoms. The van der Waals surface area contributed by atoms with E-state index in [1.165, 1.54) is 0 Å². The molecule has 0 bridgehead atoms. The van der Waals surface area contributed by atoms with E-state index in [0.29, 0.717) is 10.1 Å². The maximum absolute atomic E-state index is 2.66. The van der Waals surface area contributed by atoms with Crippen molar-refractivity contribution < 1.29 is 0 Å². The lowest BCUT2D eigenvalue weighted by molar-refractivity contribution is 0.674. The van der Waals surface area contributed by atoms with E-state index in [2.05, 4.69) is 54.6 Å². The highest BCUT2D eigenvalue weighted by atomic mass is 28.3. The maximum Gasteiger partial charge on any atom is 0.0553 e. The van der Waals surface area contributed by atoms with Crippen LogP contribution in [0.1, 0.15) is 41.5 Å². The zero-order chi connectivity index (χ0) is 12.8. The first kappa shape index (κ1) is 14.5. The molecular formula is C14H32Si2. The zero-order valence-corrected chi connectivity index (χ0v) is 14.8. The van der Waals surface area contributed by atoms with Gasteiger partial charge in [-0.25, -0.2) is 0 Å². The van der Waals surface area contributed by atoms with E-state index in [1.807, 2.05) is 0 Å². The van der Waals surface area contributed by atoms with E-state index >= 15 is 0 Å². The van der Waals surface area contributed by atoms with E-state index < -0.39 is 16.1 Å². The van der Waals surface area contributed by atoms with Crippen molar-refractivity contribution in [2.24, 2.45) is 0 Å². The lowest BCUT2D eigenvalue weighted by Gasteiger charge is -2.52. The second-order valence-corrected chi connectivity index (χ2v) is 19.9. The van der Waals surface area contributed by atoms with Crippen LogP contribution < -0.4 is 0 Å². The summed E-state index contributed by atoms with van der Waals surface area (Å²) >= 11 is 0. The normalized spacial score (nSPS) is 37.5. The van der Waals surface area contributed by atoms with Crippen molar-refractivity contribution in [1.82, 2.24) is 0 Å². The first-order valence-corrected chi connectivity index (χ1v) is 12.7. The quantitative estimate of drug-likeness (QED) is 0.484. The maximum atomic E-state index is 2.66. The Kier molecular flexibility index (Phi) is 3.60. The van der Waals surface area contributed by atoms with Crippen LogP contribution in [0.3, 0.4) is 0 Å². The Morgan fingerprint density at radius 2 is 0.750 bits per heavy atom. The molecule has 0 saturated carbocycles. The minimum absolute atomic E-state index is 0.612. The summed E-state index contributed by atoms with van der Waals surface area (Å²) in [6, 6.07) is 6.37. The Morgan fingerprint density at radius 1 is 0.562 bits per heavy atom. The van der Waals surface area contributed by atoms with Crippen LogP contribution in [0, 0.1) is 0 Å². The third-order valence-electron chi connectivity index (χ3n) is 6.08. The Hall–Kier alpha value is 0.434. The van der Waals surface area contributed by atoms with Gasteiger partial charge >= 0.3 is 0 Å². The van der Waals surface area contributed by atoms with Gasteiger partial charge in [-0.05, 0) is 10.1 Å². The van der Waals surface area contributed by atoms with Gasteiger partial charge in [0, 0.05) is 0 Å². The second-order valence-electron chi connectivity index (χ2n) is 8.62. The number of rotatable bonds is 0. The molecule has 1 saturated heterocycles. The predicted octanol–water partition coefficient (Wildman–Crippen LogP) is 5.76. The molecule has 1 aliphatic heterocycles. The Morgan fingerprint density at radius 3 is 0.875 bits per heavy atom. The second kappa shape index (κ2) is 3.98. The highest BCUT2D eigenvalue weighted by Crippen LogP contribution is 2.54. The molecule has 0 unspecified atom stereocenters. The first-order valence-electron chi connectivity index (χ1n) is 6.91. The number of hydrogen-bond donors (Lipinski definition) is 0. The third-order valence-corrected chi connectivity index (χ3v) is 19.7. The minimum atomic E-state index is -0.971. The fraction of sp³-hybridized carbons (Fsp3) is 1.00. The highest BCUT2D eigenvalue weighted by molar-refractivity contribution is 6.90. The van der Waals surface area contributed by atoms with Crippen LogP contribution in [0.5, 0.6) is 0 Å². The summed E-state index contributed by atoms with van der Waals surface area (Å²) in [5, 5.41) is 1.22. The van der Waals surface area contributed by atoms with Gasteiger partial charge in [0.1, 0.15) is 0 Å². The summed E-state index contributed by atoms with van der Waals surface area (Å²) in [5.41, 5.74) is 0. The topological polar surface area (TPSA) is 0 Å². The molecular weight excluding hydrogens is 224 g/mol. The van der Waals surface area contributed by atoms with Crippen molar-refractivity contribution in [1.29, 1.82) is 0 Å². The van der Waals surface area contributed by atoms with Crippen LogP contribution >= 0.6 is 0 Å². The molecule has 0 aromatic heterocycles. The van der Waals surface area contributed by atoms with Gasteiger partial charge in [0.2, 0.25) is 0 Å². The molecule has 0 atom stereocenters. The van der Waals surface area contributed by atoms with Crippen LogP contribution in [-0.4, -0.2) is 16.1 Å². The fourth-order valence-corrected chi connectivity index (χ4v) is 15.2. The van der Waals surface area contributed by atoms with Gasteiger partial charge in [-0.2, -0.15) is 0 Å². The van der Waals surface area contributed by atoms with E-state index in [0.717, 1.165) is 0 Å². The van der Waals surface area contributed by atoms with Gasteiger partial charge in [-0.3, -0.25) is 0 Å². The molecule has 0 aromatic rings. The van der Waals surface area contributed by atoms with E-state index in [4.69, 9.17) is 0 Å². The summed E-state index contributed by atoms with van der Waals surface area (Å²) in [6.45, 7) is 20.2. The minimum Gasteiger partial charge on any atom is -0.0688 e. The van der Waals surface area contributed by atoms with Crippen molar-refractivity contribution in [3.63, 3.8) is 0 Å². The molecule has 0 aliphatic carbocycles. The summed E-state index contributed by atoms with van der Waals surface area (Å²) in [5.74, 6) is 0. The van der Waals surface area contributed by atoms with Crippen molar-refractivity contribution >= 4 is 16.1 Å². The molecule has 16 heavy (non-hydrogen) atoms. The molecule has 1 heterocycles. The first-order chi connectivity index (χ1) is 6.91. The lowest BCUT2D eigenvalue weighted by atomic mass is 10.2. The monoisotopic (exact) mass is 256 g/mol. The Bertz CT molecular complexity index is 219. The molecule has 1 fully saturated rings. The molecule has 1 aliphatic rings. The van der Waals surface area contributed by atoms with E-state index in [9.17, 15) is 0 Å². The van der Waals surface area contributed by atoms with Gasteiger partial charge in [-0.15, -0.1) is 0 Å². The summed E-state index contributed by atoms with van der Waals surface area (Å²) in [4.78, 5) is 0. The molecule has 0 nitrogen and oxygen atoms in total. The standard InChI is InChI=1S/C14H32Si2/c1-13(2,3)15(7)9-11-16(8,12-10-15)14(4,5)6/h9-12H2,1-8H3. The van der Waals surface area contributed by atoms with E-state index in [1.54, 1.807) is 24.2 Å².